The Hall–Kier alpha value is -4.26. The summed E-state index contributed by atoms with van der Waals surface area (Å²) in [4.78, 5) is 21.0. The molecule has 0 saturated heterocycles. The van der Waals surface area contributed by atoms with Crippen molar-refractivity contribution in [3.05, 3.63) is 101 Å². The second-order valence-electron chi connectivity index (χ2n) is 7.54. The van der Waals surface area contributed by atoms with Gasteiger partial charge in [0.15, 0.2) is 0 Å². The van der Waals surface area contributed by atoms with Crippen LogP contribution in [0.4, 0.5) is 10.6 Å². The number of pyridine rings is 2. The number of carbonyl (C=O) groups excluding carboxylic acids is 1. The van der Waals surface area contributed by atoms with Gasteiger partial charge in [-0.1, -0.05) is 36.4 Å². The summed E-state index contributed by atoms with van der Waals surface area (Å²) in [6.45, 7) is 4.25. The number of aromatic nitrogens is 2. The molecule has 2 aromatic carbocycles. The second-order valence-corrected chi connectivity index (χ2v) is 7.54. The summed E-state index contributed by atoms with van der Waals surface area (Å²) in [5, 5.41) is 11.9. The predicted octanol–water partition coefficient (Wildman–Crippen LogP) is 4.28. The average molecular weight is 425 g/mol. The summed E-state index contributed by atoms with van der Waals surface area (Å²) < 4.78 is 0. The summed E-state index contributed by atoms with van der Waals surface area (Å²) in [7, 11) is 0. The molecule has 2 amide bonds. The van der Waals surface area contributed by atoms with Crippen LogP contribution in [-0.2, 0) is 6.54 Å². The van der Waals surface area contributed by atoms with Crippen LogP contribution in [0.15, 0.2) is 78.2 Å². The zero-order valence-electron chi connectivity index (χ0n) is 18.0. The van der Waals surface area contributed by atoms with Crippen LogP contribution < -0.4 is 16.5 Å². The number of urea groups is 1. The van der Waals surface area contributed by atoms with E-state index in [4.69, 9.17) is 5.84 Å². The van der Waals surface area contributed by atoms with Gasteiger partial charge < -0.3 is 11.2 Å². The summed E-state index contributed by atoms with van der Waals surface area (Å²) in [5.74, 6) is 6.11. The molecule has 0 spiro atoms. The molecular formula is C25H24N6O. The lowest BCUT2D eigenvalue weighted by Crippen LogP contribution is -2.28. The molecule has 0 aliphatic rings. The molecule has 4 N–H and O–H groups in total. The number of carbonyl (C=O) groups is 1. The van der Waals surface area contributed by atoms with Crippen molar-refractivity contribution in [3.63, 3.8) is 0 Å². The highest BCUT2D eigenvalue weighted by Crippen LogP contribution is 2.18. The van der Waals surface area contributed by atoms with Crippen molar-refractivity contribution in [2.75, 3.05) is 5.32 Å². The van der Waals surface area contributed by atoms with E-state index in [0.717, 1.165) is 33.3 Å². The van der Waals surface area contributed by atoms with Gasteiger partial charge >= 0.3 is 6.03 Å². The molecule has 0 aliphatic heterocycles. The quantitative estimate of drug-likeness (QED) is 0.253. The molecule has 0 radical (unpaired) electrons. The van der Waals surface area contributed by atoms with E-state index in [0.29, 0.717) is 18.1 Å². The Morgan fingerprint density at radius 2 is 1.81 bits per heavy atom. The van der Waals surface area contributed by atoms with Gasteiger partial charge in [-0.2, -0.15) is 5.10 Å². The lowest BCUT2D eigenvalue weighted by atomic mass is 10.0. The van der Waals surface area contributed by atoms with E-state index in [-0.39, 0.29) is 6.03 Å². The fourth-order valence-corrected chi connectivity index (χ4v) is 3.56. The van der Waals surface area contributed by atoms with E-state index in [1.54, 1.807) is 18.5 Å². The number of aryl methyl sites for hydroxylation is 2. The van der Waals surface area contributed by atoms with Crippen LogP contribution in [0.3, 0.4) is 0 Å². The first kappa shape index (κ1) is 21.0. The molecule has 0 fully saturated rings. The Labute approximate surface area is 186 Å². The van der Waals surface area contributed by atoms with E-state index in [1.807, 2.05) is 44.2 Å². The topological polar surface area (TPSA) is 105 Å². The molecule has 2 aromatic heterocycles. The molecular weight excluding hydrogens is 400 g/mol. The van der Waals surface area contributed by atoms with Gasteiger partial charge in [-0.15, -0.1) is 0 Å². The molecule has 0 bridgehead atoms. The summed E-state index contributed by atoms with van der Waals surface area (Å²) in [6, 6.07) is 19.5. The third kappa shape index (κ3) is 4.73. The van der Waals surface area contributed by atoms with Crippen LogP contribution in [0, 0.1) is 13.8 Å². The summed E-state index contributed by atoms with van der Waals surface area (Å²) in [6.07, 6.45) is 3.38. The first-order valence-electron chi connectivity index (χ1n) is 10.2. The van der Waals surface area contributed by atoms with Crippen LogP contribution in [0.5, 0.6) is 0 Å². The Morgan fingerprint density at radius 3 is 2.56 bits per heavy atom. The van der Waals surface area contributed by atoms with Crippen molar-refractivity contribution in [2.45, 2.75) is 20.4 Å². The number of hydrogen-bond donors (Lipinski definition) is 3. The number of anilines is 1. The zero-order valence-corrected chi connectivity index (χ0v) is 18.0. The maximum absolute atomic E-state index is 12.4. The average Bonchev–Trinajstić information content (AvgIpc) is 2.79. The minimum atomic E-state index is -0.324. The number of nitrogens with zero attached hydrogens (tertiary/aromatic N) is 3. The molecule has 2 heterocycles. The Kier molecular flexibility index (Phi) is 6.07. The third-order valence-corrected chi connectivity index (χ3v) is 5.17. The molecule has 4 aromatic rings. The lowest BCUT2D eigenvalue weighted by molar-refractivity contribution is 0.251. The van der Waals surface area contributed by atoms with Crippen LogP contribution in [0.25, 0.3) is 10.8 Å². The van der Waals surface area contributed by atoms with Crippen molar-refractivity contribution in [2.24, 2.45) is 10.9 Å². The molecule has 4 rings (SSSR count). The van der Waals surface area contributed by atoms with Gasteiger partial charge in [-0.3, -0.25) is 10.3 Å². The highest BCUT2D eigenvalue weighted by atomic mass is 16.2. The Bertz CT molecular complexity index is 1310. The minimum absolute atomic E-state index is 0.324. The maximum Gasteiger partial charge on any atom is 0.320 e. The van der Waals surface area contributed by atoms with Gasteiger partial charge in [0.25, 0.3) is 0 Å². The number of fused-ring (bicyclic) bond motifs is 1. The standard InChI is InChI=1S/C25H24N6O/c1-16-11-23(28-15-22(16)24(31-26)21-9-10-27-17(2)12-21)30-25(32)29-14-18-7-8-19-5-3-4-6-20(19)13-18/h3-13,15H,14,26H2,1-2H3,(H2,28,29,30,32)/b31-24-. The fourth-order valence-electron chi connectivity index (χ4n) is 3.56. The van der Waals surface area contributed by atoms with Gasteiger partial charge in [0.2, 0.25) is 0 Å². The minimum Gasteiger partial charge on any atom is -0.334 e. The van der Waals surface area contributed by atoms with Gasteiger partial charge in [0.05, 0.1) is 5.71 Å². The molecule has 0 aliphatic carbocycles. The zero-order chi connectivity index (χ0) is 22.5. The number of rotatable bonds is 5. The molecule has 7 nitrogen and oxygen atoms in total. The Balaban J connectivity index is 1.43. The maximum atomic E-state index is 12.4. The summed E-state index contributed by atoms with van der Waals surface area (Å²) >= 11 is 0. The van der Waals surface area contributed by atoms with Crippen LogP contribution in [0.2, 0.25) is 0 Å². The SMILES string of the molecule is Cc1cc(/C(=N/N)c2cnc(NC(=O)NCc3ccc4ccccc4c3)cc2C)ccn1. The van der Waals surface area contributed by atoms with E-state index in [2.05, 4.69) is 50.0 Å². The lowest BCUT2D eigenvalue weighted by Gasteiger charge is -2.12. The number of nitrogens with one attached hydrogen (secondary N) is 2. The van der Waals surface area contributed by atoms with Crippen LogP contribution in [0.1, 0.15) is 27.9 Å². The molecule has 7 heteroatoms. The highest BCUT2D eigenvalue weighted by Gasteiger charge is 2.13. The third-order valence-electron chi connectivity index (χ3n) is 5.17. The largest absolute Gasteiger partial charge is 0.334 e. The van der Waals surface area contributed by atoms with Crippen molar-refractivity contribution in [1.82, 2.24) is 15.3 Å². The highest BCUT2D eigenvalue weighted by molar-refractivity contribution is 6.13. The van der Waals surface area contributed by atoms with E-state index in [9.17, 15) is 4.79 Å². The number of hydrogen-bond acceptors (Lipinski definition) is 5. The molecule has 32 heavy (non-hydrogen) atoms. The van der Waals surface area contributed by atoms with Crippen molar-refractivity contribution >= 4 is 28.3 Å². The first-order valence-corrected chi connectivity index (χ1v) is 10.2. The number of amides is 2. The normalized spacial score (nSPS) is 11.4. The Morgan fingerprint density at radius 1 is 1.00 bits per heavy atom. The van der Waals surface area contributed by atoms with E-state index in [1.165, 1.54) is 5.39 Å². The van der Waals surface area contributed by atoms with E-state index >= 15 is 0 Å². The number of hydrazone groups is 1. The second kappa shape index (κ2) is 9.26. The first-order chi connectivity index (χ1) is 15.5. The monoisotopic (exact) mass is 424 g/mol. The van der Waals surface area contributed by atoms with Crippen LogP contribution in [-0.4, -0.2) is 21.7 Å². The smallest absolute Gasteiger partial charge is 0.320 e. The van der Waals surface area contributed by atoms with Crippen molar-refractivity contribution in [3.8, 4) is 0 Å². The molecule has 0 unspecified atom stereocenters. The number of nitrogens with two attached hydrogens (primary N) is 1. The van der Waals surface area contributed by atoms with Gasteiger partial charge in [-0.25, -0.2) is 9.78 Å². The predicted molar refractivity (Wildman–Crippen MR) is 128 cm³/mol. The molecule has 160 valence electrons. The number of benzene rings is 2. The van der Waals surface area contributed by atoms with Gasteiger partial charge in [-0.05, 0) is 60.0 Å². The van der Waals surface area contributed by atoms with E-state index < -0.39 is 0 Å². The molecule has 0 saturated carbocycles. The molecule has 0 atom stereocenters. The van der Waals surface area contributed by atoms with Crippen LogP contribution >= 0.6 is 0 Å². The summed E-state index contributed by atoms with van der Waals surface area (Å²) in [5.41, 5.74) is 5.06. The van der Waals surface area contributed by atoms with Crippen molar-refractivity contribution in [1.29, 1.82) is 0 Å². The van der Waals surface area contributed by atoms with Gasteiger partial charge in [0.1, 0.15) is 5.82 Å². The fraction of sp³-hybridized carbons (Fsp3) is 0.120. The van der Waals surface area contributed by atoms with Gasteiger partial charge in [0, 0.05) is 35.8 Å². The van der Waals surface area contributed by atoms with Crippen molar-refractivity contribution < 1.29 is 4.79 Å².